The molecule has 60 valence electrons. The zero-order valence-corrected chi connectivity index (χ0v) is 6.22. The van der Waals surface area contributed by atoms with Gasteiger partial charge in [0, 0.05) is 7.11 Å². The Kier molecular flexibility index (Phi) is 2.28. The van der Waals surface area contributed by atoms with E-state index in [0.29, 0.717) is 12.0 Å². The third kappa shape index (κ3) is 1.81. The normalized spacial score (nSPS) is 12.3. The third-order valence-electron chi connectivity index (χ3n) is 1.16. The van der Waals surface area contributed by atoms with E-state index < -0.39 is 5.63 Å². The molecular formula is C7H9NO3. The average Bonchev–Trinajstić information content (AvgIpc) is 2.26. The van der Waals surface area contributed by atoms with Gasteiger partial charge in [-0.1, -0.05) is 0 Å². The molecule has 0 bridgehead atoms. The third-order valence-corrected chi connectivity index (χ3v) is 1.16. The molecule has 0 amide bonds. The number of hydrogen-bond donors (Lipinski definition) is 1. The van der Waals surface area contributed by atoms with Gasteiger partial charge in [0.25, 0.3) is 0 Å². The van der Waals surface area contributed by atoms with Crippen LogP contribution in [0.15, 0.2) is 9.21 Å². The Morgan fingerprint density at radius 1 is 1.82 bits per heavy atom. The lowest BCUT2D eigenvalue weighted by molar-refractivity contribution is 0.243. The lowest BCUT2D eigenvalue weighted by Crippen LogP contribution is -2.21. The van der Waals surface area contributed by atoms with Gasteiger partial charge in [-0.05, 0) is 12.7 Å². The van der Waals surface area contributed by atoms with Crippen molar-refractivity contribution in [3.05, 3.63) is 21.3 Å². The predicted molar refractivity (Wildman–Crippen MR) is 40.4 cm³/mol. The van der Waals surface area contributed by atoms with E-state index in [9.17, 15) is 4.79 Å². The molecule has 0 aromatic carbocycles. The van der Waals surface area contributed by atoms with Gasteiger partial charge in [0.2, 0.25) is 0 Å². The van der Waals surface area contributed by atoms with Crippen LogP contribution in [0.1, 0.15) is 0 Å². The molecule has 0 atom stereocenters. The van der Waals surface area contributed by atoms with E-state index in [2.05, 4.69) is 16.0 Å². The van der Waals surface area contributed by atoms with Gasteiger partial charge in [-0.2, -0.15) is 0 Å². The molecule has 1 rings (SSSR count). The predicted octanol–water partition coefficient (Wildman–Crippen LogP) is -1.19. The van der Waals surface area contributed by atoms with Crippen LogP contribution in [-0.4, -0.2) is 18.7 Å². The van der Waals surface area contributed by atoms with Crippen molar-refractivity contribution < 1.29 is 9.15 Å². The number of ether oxygens (including phenoxy) is 1. The van der Waals surface area contributed by atoms with Gasteiger partial charge >= 0.3 is 5.63 Å². The Bertz CT molecular complexity index is 373. The number of aromatic amines is 1. The molecule has 0 radical (unpaired) electrons. The maximum Gasteiger partial charge on any atom is 0.361 e. The number of aromatic nitrogens is 1. The van der Waals surface area contributed by atoms with E-state index in [-0.39, 0.29) is 5.55 Å². The van der Waals surface area contributed by atoms with Crippen LogP contribution in [0.25, 0.3) is 12.7 Å². The van der Waals surface area contributed by atoms with Crippen molar-refractivity contribution in [2.45, 2.75) is 0 Å². The molecule has 0 aliphatic rings. The Balaban J connectivity index is 3.13. The number of hydrogen-bond acceptors (Lipinski definition) is 3. The van der Waals surface area contributed by atoms with Crippen LogP contribution in [0.5, 0.6) is 0 Å². The fourth-order valence-corrected chi connectivity index (χ4v) is 0.695. The van der Waals surface area contributed by atoms with Crippen LogP contribution in [0.3, 0.4) is 0 Å². The summed E-state index contributed by atoms with van der Waals surface area (Å²) in [4.78, 5) is 13.5. The Morgan fingerprint density at radius 3 is 3.00 bits per heavy atom. The lowest BCUT2D eigenvalue weighted by Gasteiger charge is -1.82. The first-order chi connectivity index (χ1) is 5.24. The first-order valence-corrected chi connectivity index (χ1v) is 3.11. The van der Waals surface area contributed by atoms with Crippen LogP contribution in [0.2, 0.25) is 0 Å². The standard InChI is InChI=1S/C7H9NO3/c1-5-8-6(3-4-10-2)7(9)11-5/h3,8H,1,4H2,2H3. The van der Waals surface area contributed by atoms with Crippen LogP contribution in [0, 0.1) is 0 Å². The molecule has 11 heavy (non-hydrogen) atoms. The largest absolute Gasteiger partial charge is 0.406 e. The highest BCUT2D eigenvalue weighted by molar-refractivity contribution is 5.16. The molecule has 0 unspecified atom stereocenters. The molecule has 4 heteroatoms. The molecule has 0 saturated heterocycles. The van der Waals surface area contributed by atoms with Crippen molar-refractivity contribution in [1.82, 2.24) is 4.98 Å². The van der Waals surface area contributed by atoms with Crippen molar-refractivity contribution in [3.63, 3.8) is 0 Å². The highest BCUT2D eigenvalue weighted by Gasteiger charge is 1.90. The minimum absolute atomic E-state index is 0.261. The second kappa shape index (κ2) is 3.21. The Morgan fingerprint density at radius 2 is 2.55 bits per heavy atom. The van der Waals surface area contributed by atoms with E-state index in [1.54, 1.807) is 13.2 Å². The SMILES string of the molecule is C=c1[nH]c(=CCOC)c(=O)o1. The fourth-order valence-electron chi connectivity index (χ4n) is 0.695. The monoisotopic (exact) mass is 155 g/mol. The highest BCUT2D eigenvalue weighted by atomic mass is 16.5. The van der Waals surface area contributed by atoms with Crippen molar-refractivity contribution >= 4 is 12.7 Å². The summed E-state index contributed by atoms with van der Waals surface area (Å²) in [6.07, 6.45) is 1.60. The van der Waals surface area contributed by atoms with E-state index in [1.807, 2.05) is 0 Å². The van der Waals surface area contributed by atoms with E-state index in [0.717, 1.165) is 0 Å². The van der Waals surface area contributed by atoms with Gasteiger partial charge in [0.15, 0.2) is 5.55 Å². The maximum atomic E-state index is 10.8. The van der Waals surface area contributed by atoms with Crippen LogP contribution < -0.4 is 16.5 Å². The summed E-state index contributed by atoms with van der Waals surface area (Å²) in [7, 11) is 1.55. The summed E-state index contributed by atoms with van der Waals surface area (Å²) in [5.41, 5.74) is -0.149. The van der Waals surface area contributed by atoms with E-state index in [4.69, 9.17) is 4.74 Å². The molecule has 0 aliphatic carbocycles. The first-order valence-electron chi connectivity index (χ1n) is 3.11. The number of oxazole rings is 1. The van der Waals surface area contributed by atoms with E-state index >= 15 is 0 Å². The molecule has 0 saturated carbocycles. The highest BCUT2D eigenvalue weighted by Crippen LogP contribution is 1.64. The zero-order valence-electron chi connectivity index (χ0n) is 6.22. The topological polar surface area (TPSA) is 55.2 Å². The van der Waals surface area contributed by atoms with Gasteiger partial charge in [-0.25, -0.2) is 4.79 Å². The number of methoxy groups -OCH3 is 1. The summed E-state index contributed by atoms with van der Waals surface area (Å²) in [6, 6.07) is 0. The molecule has 1 N–H and O–H groups in total. The summed E-state index contributed by atoms with van der Waals surface area (Å²) < 4.78 is 9.34. The summed E-state index contributed by atoms with van der Waals surface area (Å²) in [5.74, 6) is 0. The van der Waals surface area contributed by atoms with Crippen LogP contribution in [0.4, 0.5) is 0 Å². The first kappa shape index (κ1) is 7.81. The van der Waals surface area contributed by atoms with Crippen molar-refractivity contribution in [1.29, 1.82) is 0 Å². The van der Waals surface area contributed by atoms with Gasteiger partial charge in [0.1, 0.15) is 5.35 Å². The molecule has 4 nitrogen and oxygen atoms in total. The molecule has 0 fully saturated rings. The van der Waals surface area contributed by atoms with E-state index in [1.165, 1.54) is 0 Å². The second-order valence-corrected chi connectivity index (χ2v) is 2.01. The summed E-state index contributed by atoms with van der Waals surface area (Å²) >= 11 is 0. The van der Waals surface area contributed by atoms with Gasteiger partial charge in [0.05, 0.1) is 6.61 Å². The summed E-state index contributed by atoms with van der Waals surface area (Å²) in [6.45, 7) is 3.81. The van der Waals surface area contributed by atoms with Gasteiger partial charge in [-0.3, -0.25) is 0 Å². The Labute approximate surface area is 62.8 Å². The second-order valence-electron chi connectivity index (χ2n) is 2.01. The number of H-pyrrole nitrogens is 1. The molecule has 1 aromatic rings. The van der Waals surface area contributed by atoms with Gasteiger partial charge < -0.3 is 14.1 Å². The van der Waals surface area contributed by atoms with Crippen LogP contribution >= 0.6 is 0 Å². The lowest BCUT2D eigenvalue weighted by atomic mass is 10.5. The molecule has 0 aliphatic heterocycles. The molecule has 1 aromatic heterocycles. The minimum atomic E-state index is -0.410. The quantitative estimate of drug-likeness (QED) is 0.584. The van der Waals surface area contributed by atoms with Crippen molar-refractivity contribution in [2.24, 2.45) is 0 Å². The molecular weight excluding hydrogens is 146 g/mol. The van der Waals surface area contributed by atoms with Crippen molar-refractivity contribution in [3.8, 4) is 0 Å². The summed E-state index contributed by atoms with van der Waals surface area (Å²) in [5, 5.41) is 0.386. The van der Waals surface area contributed by atoms with Gasteiger partial charge in [-0.15, -0.1) is 0 Å². The Hall–Kier alpha value is -1.29. The van der Waals surface area contributed by atoms with Crippen molar-refractivity contribution in [2.75, 3.05) is 13.7 Å². The van der Waals surface area contributed by atoms with Crippen LogP contribution in [-0.2, 0) is 4.74 Å². The fraction of sp³-hybridized carbons (Fsp3) is 0.286. The number of rotatable bonds is 2. The zero-order chi connectivity index (χ0) is 8.27. The minimum Gasteiger partial charge on any atom is -0.406 e. The average molecular weight is 155 g/mol. The number of nitrogens with one attached hydrogen (secondary N) is 1. The molecule has 0 spiro atoms. The maximum absolute atomic E-state index is 10.8. The molecule has 1 heterocycles. The smallest absolute Gasteiger partial charge is 0.361 e.